The highest BCUT2D eigenvalue weighted by atomic mass is 35.5. The minimum atomic E-state index is -4.71. The third-order valence-electron chi connectivity index (χ3n) is 1.92. The molecule has 1 aromatic rings. The molecule has 1 rings (SSSR count). The monoisotopic (exact) mass is 312 g/mol. The highest BCUT2D eigenvalue weighted by Gasteiger charge is 2.34. The predicted molar refractivity (Wildman–Crippen MR) is 62.2 cm³/mol. The van der Waals surface area contributed by atoms with Gasteiger partial charge < -0.3 is 10.4 Å². The number of halogens is 4. The molecule has 0 spiro atoms. The zero-order valence-electron chi connectivity index (χ0n) is 9.62. The first-order chi connectivity index (χ1) is 9.21. The van der Waals surface area contributed by atoms with Crippen molar-refractivity contribution in [2.45, 2.75) is 6.18 Å². The summed E-state index contributed by atoms with van der Waals surface area (Å²) in [6.45, 7) is -0.845. The van der Waals surface area contributed by atoms with E-state index in [1.807, 2.05) is 5.32 Å². The van der Waals surface area contributed by atoms with E-state index in [0.717, 1.165) is 18.2 Å². The average Bonchev–Trinajstić information content (AvgIpc) is 2.29. The smallest absolute Gasteiger partial charge is 0.418 e. The molecule has 20 heavy (non-hydrogen) atoms. The molecule has 0 aliphatic rings. The molecule has 6 nitrogen and oxygen atoms in total. The van der Waals surface area contributed by atoms with E-state index in [2.05, 4.69) is 4.84 Å². The summed E-state index contributed by atoms with van der Waals surface area (Å²) < 4.78 is 38.1. The van der Waals surface area contributed by atoms with Crippen LogP contribution < -0.4 is 10.8 Å². The number of carboxylic acid groups (broad SMARTS) is 1. The van der Waals surface area contributed by atoms with Crippen LogP contribution in [0.3, 0.4) is 0 Å². The number of amides is 2. The van der Waals surface area contributed by atoms with E-state index in [-0.39, 0.29) is 5.02 Å². The summed E-state index contributed by atoms with van der Waals surface area (Å²) in [6.07, 6.45) is -4.71. The maximum atomic E-state index is 12.7. The summed E-state index contributed by atoms with van der Waals surface area (Å²) in [4.78, 5) is 25.6. The summed E-state index contributed by atoms with van der Waals surface area (Å²) in [7, 11) is 0. The topological polar surface area (TPSA) is 87.7 Å². The molecular weight excluding hydrogens is 305 g/mol. The van der Waals surface area contributed by atoms with Crippen molar-refractivity contribution in [3.8, 4) is 0 Å². The van der Waals surface area contributed by atoms with Crippen molar-refractivity contribution in [3.63, 3.8) is 0 Å². The van der Waals surface area contributed by atoms with Crippen molar-refractivity contribution in [2.75, 3.05) is 11.9 Å². The van der Waals surface area contributed by atoms with E-state index >= 15 is 0 Å². The van der Waals surface area contributed by atoms with Gasteiger partial charge in [-0.1, -0.05) is 17.7 Å². The van der Waals surface area contributed by atoms with Crippen LogP contribution in [0.15, 0.2) is 18.2 Å². The molecule has 1 aromatic carbocycles. The number of nitrogens with one attached hydrogen (secondary N) is 2. The predicted octanol–water partition coefficient (Wildman–Crippen LogP) is 2.50. The molecule has 0 saturated heterocycles. The SMILES string of the molecule is O=C(O)CONC(=O)Nc1c(Cl)cccc1C(F)(F)F. The van der Waals surface area contributed by atoms with Gasteiger partial charge in [0, 0.05) is 0 Å². The van der Waals surface area contributed by atoms with Gasteiger partial charge in [0.25, 0.3) is 0 Å². The zero-order chi connectivity index (χ0) is 15.3. The first kappa shape index (κ1) is 16.1. The van der Waals surface area contributed by atoms with E-state index in [0.29, 0.717) is 0 Å². The maximum absolute atomic E-state index is 12.7. The molecule has 10 heteroatoms. The molecule has 0 aromatic heterocycles. The molecular formula is C10H8ClF3N2O4. The fourth-order valence-corrected chi connectivity index (χ4v) is 1.41. The lowest BCUT2D eigenvalue weighted by atomic mass is 10.1. The van der Waals surface area contributed by atoms with Crippen molar-refractivity contribution < 1.29 is 32.7 Å². The minimum absolute atomic E-state index is 0.326. The van der Waals surface area contributed by atoms with Gasteiger partial charge in [0.1, 0.15) is 0 Å². The minimum Gasteiger partial charge on any atom is -0.479 e. The Bertz CT molecular complexity index is 522. The van der Waals surface area contributed by atoms with Gasteiger partial charge in [-0.25, -0.2) is 15.1 Å². The molecule has 0 saturated carbocycles. The Labute approximate surface area is 115 Å². The lowest BCUT2D eigenvalue weighted by Gasteiger charge is -2.15. The molecule has 2 amide bonds. The Morgan fingerprint density at radius 3 is 2.55 bits per heavy atom. The van der Waals surface area contributed by atoms with Crippen LogP contribution in [0.5, 0.6) is 0 Å². The van der Waals surface area contributed by atoms with Gasteiger partial charge in [-0.05, 0) is 12.1 Å². The molecule has 0 atom stereocenters. The number of carboxylic acids is 1. The van der Waals surface area contributed by atoms with E-state index in [4.69, 9.17) is 16.7 Å². The fraction of sp³-hybridized carbons (Fsp3) is 0.200. The largest absolute Gasteiger partial charge is 0.479 e. The molecule has 0 aliphatic carbocycles. The second kappa shape index (κ2) is 6.44. The standard InChI is InChI=1S/C10H8ClF3N2O4/c11-6-3-1-2-5(10(12,13)14)8(6)15-9(19)16-20-4-7(17)18/h1-3H,4H2,(H,17,18)(H2,15,16,19). The van der Waals surface area contributed by atoms with Gasteiger partial charge in [-0.3, -0.25) is 4.84 Å². The van der Waals surface area contributed by atoms with Crippen LogP contribution >= 0.6 is 11.6 Å². The van der Waals surface area contributed by atoms with E-state index < -0.39 is 36.0 Å². The zero-order valence-corrected chi connectivity index (χ0v) is 10.4. The third-order valence-corrected chi connectivity index (χ3v) is 2.23. The number of carbonyl (C=O) groups excluding carboxylic acids is 1. The molecule has 0 bridgehead atoms. The molecule has 0 fully saturated rings. The van der Waals surface area contributed by atoms with Crippen LogP contribution in [0, 0.1) is 0 Å². The van der Waals surface area contributed by atoms with Gasteiger partial charge in [0.05, 0.1) is 16.3 Å². The van der Waals surface area contributed by atoms with Crippen LogP contribution in [-0.2, 0) is 15.8 Å². The number of hydrogen-bond acceptors (Lipinski definition) is 3. The van der Waals surface area contributed by atoms with Gasteiger partial charge in [-0.15, -0.1) is 0 Å². The average molecular weight is 313 g/mol. The second-order valence-corrected chi connectivity index (χ2v) is 3.81. The van der Waals surface area contributed by atoms with E-state index in [1.165, 1.54) is 0 Å². The number of benzene rings is 1. The molecule has 0 unspecified atom stereocenters. The summed E-state index contributed by atoms with van der Waals surface area (Å²) in [5, 5.41) is 9.76. The van der Waals surface area contributed by atoms with Crippen LogP contribution in [-0.4, -0.2) is 23.7 Å². The maximum Gasteiger partial charge on any atom is 0.418 e. The highest BCUT2D eigenvalue weighted by Crippen LogP contribution is 2.38. The number of anilines is 1. The summed E-state index contributed by atoms with van der Waals surface area (Å²) in [5.74, 6) is -1.36. The van der Waals surface area contributed by atoms with Gasteiger partial charge in [0.2, 0.25) is 0 Å². The van der Waals surface area contributed by atoms with Crippen molar-refractivity contribution in [2.24, 2.45) is 0 Å². The number of urea groups is 1. The molecule has 0 radical (unpaired) electrons. The van der Waals surface area contributed by atoms with Crippen LogP contribution in [0.2, 0.25) is 5.02 Å². The van der Waals surface area contributed by atoms with Crippen LogP contribution in [0.4, 0.5) is 23.7 Å². The third kappa shape index (κ3) is 4.59. The Kier molecular flexibility index (Phi) is 5.17. The van der Waals surface area contributed by atoms with Crippen molar-refractivity contribution in [1.82, 2.24) is 5.48 Å². The number of para-hydroxylation sites is 1. The summed E-state index contributed by atoms with van der Waals surface area (Å²) in [6, 6.07) is 1.78. The first-order valence-corrected chi connectivity index (χ1v) is 5.36. The highest BCUT2D eigenvalue weighted by molar-refractivity contribution is 6.33. The lowest BCUT2D eigenvalue weighted by Crippen LogP contribution is -2.31. The number of hydrogen-bond donors (Lipinski definition) is 3. The number of alkyl halides is 3. The van der Waals surface area contributed by atoms with Crippen LogP contribution in [0.1, 0.15) is 5.56 Å². The quantitative estimate of drug-likeness (QED) is 0.745. The Hall–Kier alpha value is -2.00. The van der Waals surface area contributed by atoms with E-state index in [1.54, 1.807) is 5.48 Å². The second-order valence-electron chi connectivity index (χ2n) is 3.40. The summed E-state index contributed by atoms with van der Waals surface area (Å²) in [5.41, 5.74) is -0.183. The van der Waals surface area contributed by atoms with Gasteiger partial charge >= 0.3 is 18.2 Å². The Morgan fingerprint density at radius 1 is 1.35 bits per heavy atom. The molecule has 0 heterocycles. The van der Waals surface area contributed by atoms with Gasteiger partial charge in [-0.2, -0.15) is 13.2 Å². The van der Waals surface area contributed by atoms with Crippen molar-refractivity contribution in [1.29, 1.82) is 0 Å². The molecule has 3 N–H and O–H groups in total. The van der Waals surface area contributed by atoms with Crippen LogP contribution in [0.25, 0.3) is 0 Å². The van der Waals surface area contributed by atoms with Crippen molar-refractivity contribution in [3.05, 3.63) is 28.8 Å². The number of hydroxylamine groups is 1. The Balaban J connectivity index is 2.81. The summed E-state index contributed by atoms with van der Waals surface area (Å²) >= 11 is 5.59. The van der Waals surface area contributed by atoms with Gasteiger partial charge in [0.15, 0.2) is 6.61 Å². The molecule has 0 aliphatic heterocycles. The van der Waals surface area contributed by atoms with Crippen molar-refractivity contribution >= 4 is 29.3 Å². The molecule has 110 valence electrons. The fourth-order valence-electron chi connectivity index (χ4n) is 1.19. The number of aliphatic carboxylic acids is 1. The number of carbonyl (C=O) groups is 2. The Morgan fingerprint density at radius 2 is 2.00 bits per heavy atom. The first-order valence-electron chi connectivity index (χ1n) is 4.98. The number of rotatable bonds is 4. The lowest BCUT2D eigenvalue weighted by molar-refractivity contribution is -0.144. The normalized spacial score (nSPS) is 11.0. The van der Waals surface area contributed by atoms with E-state index in [9.17, 15) is 22.8 Å².